The highest BCUT2D eigenvalue weighted by Crippen LogP contribution is 2.18. The Labute approximate surface area is 100.0 Å². The van der Waals surface area contributed by atoms with E-state index in [1.54, 1.807) is 17.7 Å². The summed E-state index contributed by atoms with van der Waals surface area (Å²) in [6.07, 6.45) is 0. The van der Waals surface area contributed by atoms with Gasteiger partial charge in [0.25, 0.3) is 5.56 Å². The third-order valence-corrected chi connectivity index (χ3v) is 2.90. The van der Waals surface area contributed by atoms with Gasteiger partial charge in [-0.25, -0.2) is 0 Å². The zero-order valence-electron chi connectivity index (χ0n) is 9.97. The molecule has 0 atom stereocenters. The molecule has 0 aliphatic rings. The first-order valence-corrected chi connectivity index (χ1v) is 5.50. The van der Waals surface area contributed by atoms with Gasteiger partial charge in [-0.3, -0.25) is 4.79 Å². The maximum atomic E-state index is 11.9. The second-order valence-electron chi connectivity index (χ2n) is 4.13. The highest BCUT2D eigenvalue weighted by atomic mass is 16.3. The number of benzene rings is 1. The molecule has 2 rings (SSSR count). The number of aryl methyl sites for hydroxylation is 1. The van der Waals surface area contributed by atoms with E-state index in [1.807, 2.05) is 37.3 Å². The first-order chi connectivity index (χ1) is 8.13. The van der Waals surface area contributed by atoms with E-state index >= 15 is 0 Å². The summed E-state index contributed by atoms with van der Waals surface area (Å²) in [7, 11) is 1.72. The van der Waals surface area contributed by atoms with Gasteiger partial charge in [0, 0.05) is 12.6 Å². The number of rotatable bonds is 2. The summed E-state index contributed by atoms with van der Waals surface area (Å²) >= 11 is 0. The SMILES string of the molecule is Cc1ccc(-c2ccc(CO)c(=O)n2C)cc1. The fourth-order valence-corrected chi connectivity index (χ4v) is 1.82. The normalized spacial score (nSPS) is 10.5. The second kappa shape index (κ2) is 4.55. The van der Waals surface area contributed by atoms with Gasteiger partial charge in [-0.2, -0.15) is 0 Å². The van der Waals surface area contributed by atoms with Gasteiger partial charge in [0.05, 0.1) is 12.3 Å². The average Bonchev–Trinajstić information content (AvgIpc) is 2.34. The van der Waals surface area contributed by atoms with Crippen molar-refractivity contribution in [1.29, 1.82) is 0 Å². The van der Waals surface area contributed by atoms with Crippen molar-refractivity contribution in [3.05, 3.63) is 57.9 Å². The first-order valence-electron chi connectivity index (χ1n) is 5.50. The van der Waals surface area contributed by atoms with Crippen LogP contribution in [0.2, 0.25) is 0 Å². The lowest BCUT2D eigenvalue weighted by Gasteiger charge is -2.09. The smallest absolute Gasteiger partial charge is 0.256 e. The molecule has 0 spiro atoms. The number of hydrogen-bond donors (Lipinski definition) is 1. The lowest BCUT2D eigenvalue weighted by Crippen LogP contribution is -2.22. The summed E-state index contributed by atoms with van der Waals surface area (Å²) in [5.74, 6) is 0. The zero-order valence-corrected chi connectivity index (χ0v) is 9.97. The van der Waals surface area contributed by atoms with E-state index in [2.05, 4.69) is 0 Å². The van der Waals surface area contributed by atoms with Crippen LogP contribution < -0.4 is 5.56 Å². The molecule has 88 valence electrons. The Bertz CT molecular complexity index is 582. The van der Waals surface area contributed by atoms with Crippen molar-refractivity contribution >= 4 is 0 Å². The molecule has 1 aromatic heterocycles. The Morgan fingerprint density at radius 1 is 1.12 bits per heavy atom. The highest BCUT2D eigenvalue weighted by molar-refractivity contribution is 5.60. The molecule has 0 unspecified atom stereocenters. The Morgan fingerprint density at radius 2 is 1.76 bits per heavy atom. The first kappa shape index (κ1) is 11.6. The molecule has 0 fully saturated rings. The van der Waals surface area contributed by atoms with Crippen molar-refractivity contribution < 1.29 is 5.11 Å². The number of nitrogens with zero attached hydrogens (tertiary/aromatic N) is 1. The second-order valence-corrected chi connectivity index (χ2v) is 4.13. The molecule has 0 bridgehead atoms. The van der Waals surface area contributed by atoms with Gasteiger partial charge in [-0.15, -0.1) is 0 Å². The molecule has 0 radical (unpaired) electrons. The summed E-state index contributed by atoms with van der Waals surface area (Å²) in [6, 6.07) is 11.5. The molecule has 1 aromatic carbocycles. The summed E-state index contributed by atoms with van der Waals surface area (Å²) in [4.78, 5) is 11.9. The van der Waals surface area contributed by atoms with E-state index in [1.165, 1.54) is 5.56 Å². The summed E-state index contributed by atoms with van der Waals surface area (Å²) < 4.78 is 1.57. The fourth-order valence-electron chi connectivity index (χ4n) is 1.82. The molecule has 0 aliphatic carbocycles. The predicted octanol–water partition coefficient (Wildman–Crippen LogP) is 1.85. The van der Waals surface area contributed by atoms with Gasteiger partial charge >= 0.3 is 0 Å². The third-order valence-electron chi connectivity index (χ3n) is 2.90. The van der Waals surface area contributed by atoms with Crippen LogP contribution in [0.15, 0.2) is 41.2 Å². The summed E-state index contributed by atoms with van der Waals surface area (Å²) in [5.41, 5.74) is 3.31. The van der Waals surface area contributed by atoms with Gasteiger partial charge in [0.1, 0.15) is 0 Å². The van der Waals surface area contributed by atoms with Gasteiger partial charge in [0.2, 0.25) is 0 Å². The van der Waals surface area contributed by atoms with Crippen LogP contribution in [-0.2, 0) is 13.7 Å². The van der Waals surface area contributed by atoms with E-state index in [-0.39, 0.29) is 12.2 Å². The van der Waals surface area contributed by atoms with Crippen molar-refractivity contribution in [1.82, 2.24) is 4.57 Å². The molecule has 0 aliphatic heterocycles. The lowest BCUT2D eigenvalue weighted by atomic mass is 10.1. The Hall–Kier alpha value is -1.87. The van der Waals surface area contributed by atoms with Crippen LogP contribution in [0.5, 0.6) is 0 Å². The monoisotopic (exact) mass is 229 g/mol. The number of aromatic nitrogens is 1. The molecular formula is C14H15NO2. The van der Waals surface area contributed by atoms with Crippen LogP contribution in [0.25, 0.3) is 11.3 Å². The van der Waals surface area contributed by atoms with Crippen LogP contribution in [-0.4, -0.2) is 9.67 Å². The quantitative estimate of drug-likeness (QED) is 0.854. The van der Waals surface area contributed by atoms with Gasteiger partial charge < -0.3 is 9.67 Å². The Kier molecular flexibility index (Phi) is 3.11. The van der Waals surface area contributed by atoms with Crippen molar-refractivity contribution in [2.75, 3.05) is 0 Å². The molecule has 1 heterocycles. The minimum Gasteiger partial charge on any atom is -0.391 e. The number of pyridine rings is 1. The van der Waals surface area contributed by atoms with Crippen molar-refractivity contribution in [2.45, 2.75) is 13.5 Å². The third kappa shape index (κ3) is 2.15. The van der Waals surface area contributed by atoms with Crippen molar-refractivity contribution in [2.24, 2.45) is 7.05 Å². The average molecular weight is 229 g/mol. The fraction of sp³-hybridized carbons (Fsp3) is 0.214. The number of aliphatic hydroxyl groups excluding tert-OH is 1. The van der Waals surface area contributed by atoms with Crippen molar-refractivity contribution in [3.8, 4) is 11.3 Å². The largest absolute Gasteiger partial charge is 0.391 e. The Morgan fingerprint density at radius 3 is 2.35 bits per heavy atom. The van der Waals surface area contributed by atoms with E-state index in [0.29, 0.717) is 5.56 Å². The molecular weight excluding hydrogens is 214 g/mol. The van der Waals surface area contributed by atoms with Gasteiger partial charge in [-0.1, -0.05) is 29.8 Å². The summed E-state index contributed by atoms with van der Waals surface area (Å²) in [5, 5.41) is 9.03. The van der Waals surface area contributed by atoms with Crippen LogP contribution in [0.3, 0.4) is 0 Å². The van der Waals surface area contributed by atoms with E-state index < -0.39 is 0 Å². The Balaban J connectivity index is 2.57. The van der Waals surface area contributed by atoms with Crippen LogP contribution in [0, 0.1) is 6.92 Å². The maximum absolute atomic E-state index is 11.9. The molecule has 3 heteroatoms. The van der Waals surface area contributed by atoms with Crippen LogP contribution >= 0.6 is 0 Å². The summed E-state index contributed by atoms with van der Waals surface area (Å²) in [6.45, 7) is 1.80. The van der Waals surface area contributed by atoms with Crippen LogP contribution in [0.4, 0.5) is 0 Å². The van der Waals surface area contributed by atoms with E-state index in [4.69, 9.17) is 5.11 Å². The molecule has 0 saturated heterocycles. The predicted molar refractivity (Wildman–Crippen MR) is 67.8 cm³/mol. The molecule has 2 aromatic rings. The standard InChI is InChI=1S/C14H15NO2/c1-10-3-5-11(6-4-10)13-8-7-12(9-16)14(17)15(13)2/h3-8,16H,9H2,1-2H3. The van der Waals surface area contributed by atoms with E-state index in [0.717, 1.165) is 11.3 Å². The lowest BCUT2D eigenvalue weighted by molar-refractivity contribution is 0.279. The molecule has 17 heavy (non-hydrogen) atoms. The minimum absolute atomic E-state index is 0.148. The molecule has 3 nitrogen and oxygen atoms in total. The van der Waals surface area contributed by atoms with Crippen LogP contribution in [0.1, 0.15) is 11.1 Å². The highest BCUT2D eigenvalue weighted by Gasteiger charge is 2.06. The number of hydrogen-bond acceptors (Lipinski definition) is 2. The molecule has 0 saturated carbocycles. The van der Waals surface area contributed by atoms with Gasteiger partial charge in [-0.05, 0) is 24.6 Å². The molecule has 1 N–H and O–H groups in total. The van der Waals surface area contributed by atoms with Crippen molar-refractivity contribution in [3.63, 3.8) is 0 Å². The maximum Gasteiger partial charge on any atom is 0.256 e. The minimum atomic E-state index is -0.221. The molecule has 0 amide bonds. The number of aliphatic hydroxyl groups is 1. The van der Waals surface area contributed by atoms with Gasteiger partial charge in [0.15, 0.2) is 0 Å². The zero-order chi connectivity index (χ0) is 12.4. The van der Waals surface area contributed by atoms with E-state index in [9.17, 15) is 4.79 Å². The topological polar surface area (TPSA) is 42.2 Å².